The van der Waals surface area contributed by atoms with Gasteiger partial charge >= 0.3 is 5.97 Å². The van der Waals surface area contributed by atoms with E-state index >= 15 is 0 Å². The second-order valence-corrected chi connectivity index (χ2v) is 5.88. The number of nitrogens with one attached hydrogen (secondary N) is 1. The summed E-state index contributed by atoms with van der Waals surface area (Å²) in [5.41, 5.74) is 1.48. The maximum Gasteiger partial charge on any atom is 0.375 e. The van der Waals surface area contributed by atoms with Crippen LogP contribution in [0.3, 0.4) is 0 Å². The minimum atomic E-state index is -1.08. The molecule has 0 fully saturated rings. The number of carbonyl (C=O) groups excluding carboxylic acids is 2. The molecule has 0 saturated carbocycles. The molecule has 3 rings (SSSR count). The minimum absolute atomic E-state index is 0.000479. The van der Waals surface area contributed by atoms with Crippen molar-refractivity contribution >= 4 is 28.5 Å². The maximum atomic E-state index is 12.9. The molecule has 1 amide bonds. The third kappa shape index (κ3) is 4.15. The molecule has 1 heterocycles. The fourth-order valence-electron chi connectivity index (χ4n) is 2.60. The van der Waals surface area contributed by atoms with Crippen LogP contribution < -0.4 is 5.32 Å². The summed E-state index contributed by atoms with van der Waals surface area (Å²) >= 11 is 0. The van der Waals surface area contributed by atoms with E-state index in [4.69, 9.17) is 13.9 Å². The van der Waals surface area contributed by atoms with E-state index in [1.165, 1.54) is 38.3 Å². The van der Waals surface area contributed by atoms with Gasteiger partial charge in [-0.25, -0.2) is 9.18 Å². The van der Waals surface area contributed by atoms with Crippen molar-refractivity contribution in [3.8, 4) is 0 Å². The number of hydrogen-bond acceptors (Lipinski definition) is 5. The third-order valence-corrected chi connectivity index (χ3v) is 3.94. The van der Waals surface area contributed by atoms with Crippen molar-refractivity contribution in [3.05, 3.63) is 65.7 Å². The van der Waals surface area contributed by atoms with Crippen LogP contribution in [0, 0.1) is 5.82 Å². The van der Waals surface area contributed by atoms with Gasteiger partial charge in [0.05, 0.1) is 6.61 Å². The average Bonchev–Trinajstić information content (AvgIpc) is 3.03. The van der Waals surface area contributed by atoms with E-state index in [0.717, 1.165) is 5.39 Å². The molecule has 1 atom stereocenters. The molecule has 140 valence electrons. The number of rotatable bonds is 6. The Labute approximate surface area is 154 Å². The van der Waals surface area contributed by atoms with Crippen molar-refractivity contribution in [2.45, 2.75) is 19.6 Å². The Morgan fingerprint density at radius 3 is 2.56 bits per heavy atom. The number of para-hydroxylation sites is 1. The SMILES string of the molecule is COCc1c(C(=O)O[C@H](C)C(=O)Nc2ccc(F)cc2)oc2ccccc12. The first-order chi connectivity index (χ1) is 13.0. The van der Waals surface area contributed by atoms with Crippen LogP contribution in [0.2, 0.25) is 0 Å². The molecule has 2 aromatic carbocycles. The highest BCUT2D eigenvalue weighted by molar-refractivity contribution is 5.99. The second kappa shape index (κ2) is 8.01. The van der Waals surface area contributed by atoms with Crippen LogP contribution in [0.5, 0.6) is 0 Å². The molecule has 0 aliphatic carbocycles. The predicted molar refractivity (Wildman–Crippen MR) is 96.8 cm³/mol. The summed E-state index contributed by atoms with van der Waals surface area (Å²) < 4.78 is 28.9. The molecule has 0 spiro atoms. The number of hydrogen-bond donors (Lipinski definition) is 1. The third-order valence-electron chi connectivity index (χ3n) is 3.94. The summed E-state index contributed by atoms with van der Waals surface area (Å²) in [6.45, 7) is 1.60. The number of methoxy groups -OCH3 is 1. The average molecular weight is 371 g/mol. The van der Waals surface area contributed by atoms with Gasteiger partial charge in [0.15, 0.2) is 6.10 Å². The van der Waals surface area contributed by atoms with Crippen molar-refractivity contribution in [1.82, 2.24) is 0 Å². The summed E-state index contributed by atoms with van der Waals surface area (Å²) in [5.74, 6) is -1.72. The summed E-state index contributed by atoms with van der Waals surface area (Å²) in [5, 5.41) is 3.30. The van der Waals surface area contributed by atoms with E-state index in [1.54, 1.807) is 12.1 Å². The maximum absolute atomic E-state index is 12.9. The highest BCUT2D eigenvalue weighted by Crippen LogP contribution is 2.27. The van der Waals surface area contributed by atoms with E-state index in [-0.39, 0.29) is 12.4 Å². The highest BCUT2D eigenvalue weighted by atomic mass is 19.1. The standard InChI is InChI=1S/C20H18FNO5/c1-12(19(23)22-14-9-7-13(21)8-10-14)26-20(24)18-16(11-25-2)15-5-3-4-6-17(15)27-18/h3-10,12H,11H2,1-2H3,(H,22,23)/t12-/m1/s1. The zero-order chi connectivity index (χ0) is 19.4. The normalized spacial score (nSPS) is 12.0. The second-order valence-electron chi connectivity index (χ2n) is 5.88. The first kappa shape index (κ1) is 18.6. The zero-order valence-corrected chi connectivity index (χ0v) is 14.8. The van der Waals surface area contributed by atoms with E-state index in [1.807, 2.05) is 12.1 Å². The van der Waals surface area contributed by atoms with Gasteiger partial charge in [-0.3, -0.25) is 4.79 Å². The lowest BCUT2D eigenvalue weighted by Crippen LogP contribution is -2.30. The molecule has 0 aliphatic heterocycles. The number of fused-ring (bicyclic) bond motifs is 1. The lowest BCUT2D eigenvalue weighted by atomic mass is 10.1. The van der Waals surface area contributed by atoms with Crippen LogP contribution in [0.25, 0.3) is 11.0 Å². The number of anilines is 1. The molecule has 1 N–H and O–H groups in total. The molecule has 0 aliphatic rings. The molecule has 0 unspecified atom stereocenters. The van der Waals surface area contributed by atoms with Gasteiger partial charge in [0.25, 0.3) is 5.91 Å². The first-order valence-electron chi connectivity index (χ1n) is 8.26. The summed E-state index contributed by atoms with van der Waals surface area (Å²) in [4.78, 5) is 24.7. The number of esters is 1. The first-order valence-corrected chi connectivity index (χ1v) is 8.26. The quantitative estimate of drug-likeness (QED) is 0.665. The van der Waals surface area contributed by atoms with Crippen LogP contribution in [0.1, 0.15) is 23.0 Å². The summed E-state index contributed by atoms with van der Waals surface area (Å²) in [6, 6.07) is 12.4. The van der Waals surface area contributed by atoms with Gasteiger partial charge in [0.2, 0.25) is 5.76 Å². The van der Waals surface area contributed by atoms with Gasteiger partial charge in [-0.15, -0.1) is 0 Å². The Kier molecular flexibility index (Phi) is 5.52. The van der Waals surface area contributed by atoms with Crippen molar-refractivity contribution in [2.75, 3.05) is 12.4 Å². The molecular formula is C20H18FNO5. The molecule has 6 nitrogen and oxygen atoms in total. The van der Waals surface area contributed by atoms with Crippen molar-refractivity contribution in [2.24, 2.45) is 0 Å². The molecule has 7 heteroatoms. The molecule has 0 saturated heterocycles. The van der Waals surface area contributed by atoms with Crippen molar-refractivity contribution in [1.29, 1.82) is 0 Å². The van der Waals surface area contributed by atoms with E-state index < -0.39 is 23.8 Å². The van der Waals surface area contributed by atoms with E-state index in [2.05, 4.69) is 5.32 Å². The van der Waals surface area contributed by atoms with E-state index in [0.29, 0.717) is 16.8 Å². The van der Waals surface area contributed by atoms with Gasteiger partial charge in [0.1, 0.15) is 11.4 Å². The van der Waals surface area contributed by atoms with Crippen molar-refractivity contribution in [3.63, 3.8) is 0 Å². The fraction of sp³-hybridized carbons (Fsp3) is 0.200. The largest absolute Gasteiger partial charge is 0.449 e. The van der Waals surface area contributed by atoms with Crippen LogP contribution in [0.15, 0.2) is 52.9 Å². The summed E-state index contributed by atoms with van der Waals surface area (Å²) in [7, 11) is 1.51. The van der Waals surface area contributed by atoms with E-state index in [9.17, 15) is 14.0 Å². The Morgan fingerprint density at radius 2 is 1.85 bits per heavy atom. The Morgan fingerprint density at radius 1 is 1.15 bits per heavy atom. The molecule has 27 heavy (non-hydrogen) atoms. The smallest absolute Gasteiger partial charge is 0.375 e. The van der Waals surface area contributed by atoms with Crippen molar-refractivity contribution < 1.29 is 27.9 Å². The number of amides is 1. The molecule has 3 aromatic rings. The van der Waals surface area contributed by atoms with Crippen LogP contribution in [-0.4, -0.2) is 25.1 Å². The van der Waals surface area contributed by atoms with Crippen LogP contribution >= 0.6 is 0 Å². The minimum Gasteiger partial charge on any atom is -0.449 e. The molecule has 0 radical (unpaired) electrons. The number of halogens is 1. The molecule has 1 aromatic heterocycles. The van der Waals surface area contributed by atoms with Gasteiger partial charge in [-0.05, 0) is 37.3 Å². The predicted octanol–water partition coefficient (Wildman–Crippen LogP) is 3.90. The van der Waals surface area contributed by atoms with Gasteiger partial charge in [-0.1, -0.05) is 18.2 Å². The highest BCUT2D eigenvalue weighted by Gasteiger charge is 2.25. The lowest BCUT2D eigenvalue weighted by Gasteiger charge is -2.13. The topological polar surface area (TPSA) is 77.8 Å². The number of ether oxygens (including phenoxy) is 2. The van der Waals surface area contributed by atoms with Crippen LogP contribution in [0.4, 0.5) is 10.1 Å². The fourth-order valence-corrected chi connectivity index (χ4v) is 2.60. The zero-order valence-electron chi connectivity index (χ0n) is 14.8. The molecular weight excluding hydrogens is 353 g/mol. The number of benzene rings is 2. The van der Waals surface area contributed by atoms with Gasteiger partial charge < -0.3 is 19.2 Å². The Bertz CT molecular complexity index is 964. The van der Waals surface area contributed by atoms with Gasteiger partial charge in [0, 0.05) is 23.7 Å². The monoisotopic (exact) mass is 371 g/mol. The Balaban J connectivity index is 1.74. The Hall–Kier alpha value is -3.19. The number of furan rings is 1. The van der Waals surface area contributed by atoms with Crippen LogP contribution in [-0.2, 0) is 20.9 Å². The molecule has 0 bridgehead atoms. The van der Waals surface area contributed by atoms with Gasteiger partial charge in [-0.2, -0.15) is 0 Å². The lowest BCUT2D eigenvalue weighted by molar-refractivity contribution is -0.123. The summed E-state index contributed by atoms with van der Waals surface area (Å²) in [6.07, 6.45) is -1.08. The number of carbonyl (C=O) groups is 2.